The molecule has 1 unspecified atom stereocenters. The average molecular weight is 242 g/mol. The Bertz CT molecular complexity index is 361. The van der Waals surface area contributed by atoms with E-state index in [0.717, 1.165) is 18.0 Å². The number of hydrogen-bond acceptors (Lipinski definition) is 5. The Morgan fingerprint density at radius 3 is 3.19 bits per heavy atom. The SMILES string of the molecule is O=C(O)CCCc1nc(C2CCCS2)no1. The topological polar surface area (TPSA) is 76.2 Å². The fourth-order valence-electron chi connectivity index (χ4n) is 1.67. The first kappa shape index (κ1) is 11.4. The lowest BCUT2D eigenvalue weighted by atomic mass is 10.2. The number of carboxylic acids is 1. The van der Waals surface area contributed by atoms with Crippen LogP contribution in [0.2, 0.25) is 0 Å². The summed E-state index contributed by atoms with van der Waals surface area (Å²) >= 11 is 1.86. The Hall–Kier alpha value is -1.04. The van der Waals surface area contributed by atoms with Gasteiger partial charge in [-0.3, -0.25) is 4.79 Å². The second-order valence-electron chi connectivity index (χ2n) is 3.80. The van der Waals surface area contributed by atoms with E-state index in [1.54, 1.807) is 0 Å². The van der Waals surface area contributed by atoms with E-state index in [9.17, 15) is 4.79 Å². The second kappa shape index (κ2) is 5.34. The van der Waals surface area contributed by atoms with Gasteiger partial charge >= 0.3 is 5.97 Å². The molecular weight excluding hydrogens is 228 g/mol. The van der Waals surface area contributed by atoms with Crippen LogP contribution in [0.15, 0.2) is 4.52 Å². The quantitative estimate of drug-likeness (QED) is 0.851. The molecule has 0 aromatic carbocycles. The van der Waals surface area contributed by atoms with Crippen molar-refractivity contribution < 1.29 is 14.4 Å². The molecule has 1 N–H and O–H groups in total. The summed E-state index contributed by atoms with van der Waals surface area (Å²) in [6, 6.07) is 0. The smallest absolute Gasteiger partial charge is 0.303 e. The van der Waals surface area contributed by atoms with Crippen LogP contribution in [-0.4, -0.2) is 27.0 Å². The lowest BCUT2D eigenvalue weighted by Crippen LogP contribution is -1.96. The largest absolute Gasteiger partial charge is 0.481 e. The van der Waals surface area contributed by atoms with Gasteiger partial charge in [0, 0.05) is 12.8 Å². The lowest BCUT2D eigenvalue weighted by Gasteiger charge is -1.98. The van der Waals surface area contributed by atoms with Crippen LogP contribution in [-0.2, 0) is 11.2 Å². The number of nitrogens with zero attached hydrogens (tertiary/aromatic N) is 2. The molecule has 2 rings (SSSR count). The third kappa shape index (κ3) is 2.98. The molecule has 1 aromatic rings. The number of thioether (sulfide) groups is 1. The van der Waals surface area contributed by atoms with Crippen molar-refractivity contribution in [1.29, 1.82) is 0 Å². The summed E-state index contributed by atoms with van der Waals surface area (Å²) in [5.74, 6) is 1.70. The molecule has 0 aliphatic carbocycles. The molecule has 5 nitrogen and oxygen atoms in total. The Morgan fingerprint density at radius 2 is 2.50 bits per heavy atom. The summed E-state index contributed by atoms with van der Waals surface area (Å²) in [6.07, 6.45) is 3.57. The van der Waals surface area contributed by atoms with Gasteiger partial charge in [0.1, 0.15) is 0 Å². The van der Waals surface area contributed by atoms with Gasteiger partial charge in [-0.25, -0.2) is 0 Å². The van der Waals surface area contributed by atoms with Crippen LogP contribution in [0.4, 0.5) is 0 Å². The summed E-state index contributed by atoms with van der Waals surface area (Å²) < 4.78 is 5.09. The van der Waals surface area contributed by atoms with Gasteiger partial charge in [0.15, 0.2) is 5.82 Å². The van der Waals surface area contributed by atoms with Crippen LogP contribution in [0.3, 0.4) is 0 Å². The van der Waals surface area contributed by atoms with E-state index in [1.807, 2.05) is 11.8 Å². The third-order valence-electron chi connectivity index (χ3n) is 2.48. The molecular formula is C10H14N2O3S. The number of carbonyl (C=O) groups is 1. The number of carboxylic acid groups (broad SMARTS) is 1. The highest BCUT2D eigenvalue weighted by Gasteiger charge is 2.22. The first-order chi connectivity index (χ1) is 7.75. The molecule has 0 radical (unpaired) electrons. The Balaban J connectivity index is 1.84. The van der Waals surface area contributed by atoms with Crippen molar-refractivity contribution in [3.8, 4) is 0 Å². The summed E-state index contributed by atoms with van der Waals surface area (Å²) in [5, 5.41) is 12.8. The first-order valence-electron chi connectivity index (χ1n) is 5.41. The minimum absolute atomic E-state index is 0.149. The number of aliphatic carboxylic acids is 1. The zero-order valence-corrected chi connectivity index (χ0v) is 9.70. The molecule has 0 amide bonds. The molecule has 1 aromatic heterocycles. The van der Waals surface area contributed by atoms with Crippen molar-refractivity contribution in [2.45, 2.75) is 37.4 Å². The lowest BCUT2D eigenvalue weighted by molar-refractivity contribution is -0.137. The molecule has 88 valence electrons. The Kier molecular flexibility index (Phi) is 3.82. The van der Waals surface area contributed by atoms with Crippen molar-refractivity contribution in [2.75, 3.05) is 5.75 Å². The van der Waals surface area contributed by atoms with Crippen LogP contribution in [0, 0.1) is 0 Å². The molecule has 1 atom stereocenters. The standard InChI is InChI=1S/C10H14N2O3S/c13-9(14)5-1-4-8-11-10(12-15-8)7-3-2-6-16-7/h7H,1-6H2,(H,13,14). The van der Waals surface area contributed by atoms with E-state index in [4.69, 9.17) is 9.63 Å². The Labute approximate surface area is 97.6 Å². The molecule has 0 saturated carbocycles. The average Bonchev–Trinajstić information content (AvgIpc) is 2.85. The summed E-state index contributed by atoms with van der Waals surface area (Å²) in [4.78, 5) is 14.6. The van der Waals surface area contributed by atoms with Crippen molar-refractivity contribution in [1.82, 2.24) is 10.1 Å². The zero-order valence-electron chi connectivity index (χ0n) is 8.89. The van der Waals surface area contributed by atoms with Crippen LogP contribution < -0.4 is 0 Å². The molecule has 1 saturated heterocycles. The van der Waals surface area contributed by atoms with Crippen LogP contribution >= 0.6 is 11.8 Å². The molecule has 1 fully saturated rings. The molecule has 1 aliphatic heterocycles. The van der Waals surface area contributed by atoms with Crippen molar-refractivity contribution >= 4 is 17.7 Å². The first-order valence-corrected chi connectivity index (χ1v) is 6.46. The van der Waals surface area contributed by atoms with Gasteiger partial charge in [0.2, 0.25) is 5.89 Å². The zero-order chi connectivity index (χ0) is 11.4. The molecule has 6 heteroatoms. The molecule has 1 aliphatic rings. The van der Waals surface area contributed by atoms with E-state index in [2.05, 4.69) is 10.1 Å². The minimum atomic E-state index is -0.786. The number of rotatable bonds is 5. The summed E-state index contributed by atoms with van der Waals surface area (Å²) in [7, 11) is 0. The highest BCUT2D eigenvalue weighted by atomic mass is 32.2. The van der Waals surface area contributed by atoms with E-state index in [0.29, 0.717) is 24.0 Å². The minimum Gasteiger partial charge on any atom is -0.481 e. The maximum Gasteiger partial charge on any atom is 0.303 e. The monoisotopic (exact) mass is 242 g/mol. The summed E-state index contributed by atoms with van der Waals surface area (Å²) in [6.45, 7) is 0. The molecule has 16 heavy (non-hydrogen) atoms. The fraction of sp³-hybridized carbons (Fsp3) is 0.700. The van der Waals surface area contributed by atoms with Crippen molar-refractivity contribution in [3.63, 3.8) is 0 Å². The fourth-order valence-corrected chi connectivity index (χ4v) is 2.87. The molecule has 0 bridgehead atoms. The van der Waals surface area contributed by atoms with Crippen molar-refractivity contribution in [3.05, 3.63) is 11.7 Å². The van der Waals surface area contributed by atoms with E-state index < -0.39 is 5.97 Å². The van der Waals surface area contributed by atoms with Gasteiger partial charge in [-0.05, 0) is 25.0 Å². The third-order valence-corrected chi connectivity index (χ3v) is 3.86. The van der Waals surface area contributed by atoms with Gasteiger partial charge in [0.25, 0.3) is 0 Å². The predicted molar refractivity (Wildman–Crippen MR) is 59.3 cm³/mol. The normalized spacial score (nSPS) is 20.1. The van der Waals surface area contributed by atoms with Crippen molar-refractivity contribution in [2.24, 2.45) is 0 Å². The van der Waals surface area contributed by atoms with Gasteiger partial charge < -0.3 is 9.63 Å². The van der Waals surface area contributed by atoms with Gasteiger partial charge in [-0.1, -0.05) is 5.16 Å². The molecule has 2 heterocycles. The van der Waals surface area contributed by atoms with Gasteiger partial charge in [-0.2, -0.15) is 16.7 Å². The summed E-state index contributed by atoms with van der Waals surface area (Å²) in [5.41, 5.74) is 0. The Morgan fingerprint density at radius 1 is 1.62 bits per heavy atom. The van der Waals surface area contributed by atoms with Gasteiger partial charge in [0.05, 0.1) is 5.25 Å². The second-order valence-corrected chi connectivity index (χ2v) is 5.11. The number of aryl methyl sites for hydroxylation is 1. The maximum atomic E-state index is 10.3. The highest BCUT2D eigenvalue weighted by molar-refractivity contribution is 7.99. The van der Waals surface area contributed by atoms with Crippen LogP contribution in [0.5, 0.6) is 0 Å². The molecule has 0 spiro atoms. The van der Waals surface area contributed by atoms with Gasteiger partial charge in [-0.15, -0.1) is 0 Å². The number of aromatic nitrogens is 2. The highest BCUT2D eigenvalue weighted by Crippen LogP contribution is 2.38. The van der Waals surface area contributed by atoms with E-state index in [1.165, 1.54) is 6.42 Å². The predicted octanol–water partition coefficient (Wildman–Crippen LogP) is 2.04. The van der Waals surface area contributed by atoms with E-state index in [-0.39, 0.29) is 6.42 Å². The number of hydrogen-bond donors (Lipinski definition) is 1. The van der Waals surface area contributed by atoms with Crippen LogP contribution in [0.1, 0.15) is 42.6 Å². The maximum absolute atomic E-state index is 10.3. The van der Waals surface area contributed by atoms with Crippen LogP contribution in [0.25, 0.3) is 0 Å². The van der Waals surface area contributed by atoms with E-state index >= 15 is 0 Å².